The van der Waals surface area contributed by atoms with Crippen molar-refractivity contribution in [1.82, 2.24) is 15.2 Å². The van der Waals surface area contributed by atoms with E-state index in [0.29, 0.717) is 11.4 Å². The quantitative estimate of drug-likeness (QED) is 0.525. The zero-order chi connectivity index (χ0) is 21.1. The summed E-state index contributed by atoms with van der Waals surface area (Å²) in [5, 5.41) is 6.55. The number of fused-ring (bicyclic) bond motifs is 1. The van der Waals surface area contributed by atoms with Crippen molar-refractivity contribution in [1.29, 1.82) is 0 Å². The van der Waals surface area contributed by atoms with E-state index in [1.807, 2.05) is 30.5 Å². The molecular weight excluding hydrogens is 384 g/mol. The highest BCUT2D eigenvalue weighted by atomic mass is 16.5. The molecule has 154 valence electrons. The van der Waals surface area contributed by atoms with Crippen molar-refractivity contribution in [3.05, 3.63) is 60.3 Å². The Hall–Kier alpha value is -3.81. The summed E-state index contributed by atoms with van der Waals surface area (Å²) in [5.41, 5.74) is 2.43. The van der Waals surface area contributed by atoms with Crippen LogP contribution in [0.1, 0.15) is 18.4 Å². The van der Waals surface area contributed by atoms with E-state index in [2.05, 4.69) is 15.6 Å². The summed E-state index contributed by atoms with van der Waals surface area (Å²) in [4.78, 5) is 41.4. The van der Waals surface area contributed by atoms with Crippen molar-refractivity contribution in [3.63, 3.8) is 0 Å². The summed E-state index contributed by atoms with van der Waals surface area (Å²) in [7, 11) is 1.58. The maximum atomic E-state index is 12.6. The Morgan fingerprint density at radius 3 is 2.70 bits per heavy atom. The van der Waals surface area contributed by atoms with Gasteiger partial charge in [0.25, 0.3) is 5.91 Å². The number of benzene rings is 2. The number of H-pyrrole nitrogens is 1. The molecule has 0 bridgehead atoms. The first-order valence-corrected chi connectivity index (χ1v) is 9.65. The highest BCUT2D eigenvalue weighted by molar-refractivity contribution is 6.04. The molecule has 3 N–H and O–H groups in total. The Morgan fingerprint density at radius 2 is 1.93 bits per heavy atom. The fourth-order valence-electron chi connectivity index (χ4n) is 3.46. The molecule has 30 heavy (non-hydrogen) atoms. The zero-order valence-electron chi connectivity index (χ0n) is 16.5. The number of anilines is 1. The molecule has 0 radical (unpaired) electrons. The number of aromatic nitrogens is 1. The van der Waals surface area contributed by atoms with Crippen LogP contribution in [0.15, 0.2) is 54.7 Å². The van der Waals surface area contributed by atoms with Gasteiger partial charge in [-0.15, -0.1) is 0 Å². The SMILES string of the molecule is COc1ccc(CN2C(=O)NC(CCC(=O)Nc3ccc4cc[nH]c4c3)C2=O)cc1. The Morgan fingerprint density at radius 1 is 1.13 bits per heavy atom. The van der Waals surface area contributed by atoms with Gasteiger partial charge >= 0.3 is 6.03 Å². The van der Waals surface area contributed by atoms with Crippen molar-refractivity contribution in [2.45, 2.75) is 25.4 Å². The highest BCUT2D eigenvalue weighted by Crippen LogP contribution is 2.20. The Bertz CT molecular complexity index is 1090. The van der Waals surface area contributed by atoms with Gasteiger partial charge in [0.15, 0.2) is 0 Å². The molecule has 0 saturated carbocycles. The number of hydrogen-bond donors (Lipinski definition) is 3. The van der Waals surface area contributed by atoms with Crippen LogP contribution in [-0.2, 0) is 16.1 Å². The number of carbonyl (C=O) groups is 3. The fourth-order valence-corrected chi connectivity index (χ4v) is 3.46. The number of nitrogens with zero attached hydrogens (tertiary/aromatic N) is 1. The number of rotatable bonds is 7. The average Bonchev–Trinajstić information content (AvgIpc) is 3.32. The summed E-state index contributed by atoms with van der Waals surface area (Å²) < 4.78 is 5.11. The summed E-state index contributed by atoms with van der Waals surface area (Å²) >= 11 is 0. The lowest BCUT2D eigenvalue weighted by atomic mass is 10.1. The molecule has 8 heteroatoms. The lowest BCUT2D eigenvalue weighted by Gasteiger charge is -2.13. The zero-order valence-corrected chi connectivity index (χ0v) is 16.5. The van der Waals surface area contributed by atoms with Crippen LogP contribution in [0, 0.1) is 0 Å². The fraction of sp³-hybridized carbons (Fsp3) is 0.227. The lowest BCUT2D eigenvalue weighted by Crippen LogP contribution is -2.31. The predicted octanol–water partition coefficient (Wildman–Crippen LogP) is 3.02. The van der Waals surface area contributed by atoms with Gasteiger partial charge in [0.2, 0.25) is 5.91 Å². The Kier molecular flexibility index (Phi) is 5.38. The molecule has 8 nitrogen and oxygen atoms in total. The maximum Gasteiger partial charge on any atom is 0.325 e. The molecule has 0 spiro atoms. The van der Waals surface area contributed by atoms with Gasteiger partial charge in [-0.3, -0.25) is 14.5 Å². The van der Waals surface area contributed by atoms with Crippen molar-refractivity contribution in [2.24, 2.45) is 0 Å². The number of amides is 4. The number of imide groups is 1. The average molecular weight is 406 g/mol. The molecular formula is C22H22N4O4. The van der Waals surface area contributed by atoms with Crippen molar-refractivity contribution in [2.75, 3.05) is 12.4 Å². The van der Waals surface area contributed by atoms with Gasteiger partial charge in [0.1, 0.15) is 11.8 Å². The first-order valence-electron chi connectivity index (χ1n) is 9.65. The van der Waals surface area contributed by atoms with E-state index >= 15 is 0 Å². The number of aromatic amines is 1. The van der Waals surface area contributed by atoms with Crippen LogP contribution >= 0.6 is 0 Å². The molecule has 1 aliphatic rings. The van der Waals surface area contributed by atoms with E-state index < -0.39 is 12.1 Å². The van der Waals surface area contributed by atoms with Crippen molar-refractivity contribution >= 4 is 34.4 Å². The molecule has 0 aliphatic carbocycles. The minimum Gasteiger partial charge on any atom is -0.497 e. The Balaban J connectivity index is 1.31. The Labute approximate surface area is 173 Å². The van der Waals surface area contributed by atoms with Gasteiger partial charge in [-0.25, -0.2) is 4.79 Å². The largest absolute Gasteiger partial charge is 0.497 e. The topological polar surface area (TPSA) is 104 Å². The van der Waals surface area contributed by atoms with Gasteiger partial charge in [0, 0.05) is 23.8 Å². The molecule has 2 heterocycles. The minimum absolute atomic E-state index is 0.121. The number of hydrogen-bond acceptors (Lipinski definition) is 4. The van der Waals surface area contributed by atoms with E-state index in [0.717, 1.165) is 16.5 Å². The third-order valence-electron chi connectivity index (χ3n) is 5.11. The predicted molar refractivity (Wildman–Crippen MR) is 112 cm³/mol. The number of nitrogens with one attached hydrogen (secondary N) is 3. The minimum atomic E-state index is -0.701. The third-order valence-corrected chi connectivity index (χ3v) is 5.11. The molecule has 1 unspecified atom stereocenters. The lowest BCUT2D eigenvalue weighted by molar-refractivity contribution is -0.128. The summed E-state index contributed by atoms with van der Waals surface area (Å²) in [6, 6.07) is 13.6. The number of urea groups is 1. The molecule has 4 amide bonds. The van der Waals surface area contributed by atoms with Gasteiger partial charge in [0.05, 0.1) is 13.7 Å². The molecule has 1 aliphatic heterocycles. The van der Waals surface area contributed by atoms with Gasteiger partial charge in [-0.2, -0.15) is 0 Å². The standard InChI is InChI=1S/C22H22N4O4/c1-30-17-6-2-14(3-7-17)13-26-21(28)18(25-22(26)29)8-9-20(27)24-16-5-4-15-10-11-23-19(15)12-16/h2-7,10-12,18,23H,8-9,13H2,1H3,(H,24,27)(H,25,29). The second-order valence-corrected chi connectivity index (χ2v) is 7.14. The monoisotopic (exact) mass is 406 g/mol. The van der Waals surface area contributed by atoms with E-state index in [-0.39, 0.29) is 31.2 Å². The van der Waals surface area contributed by atoms with Crippen LogP contribution in [0.5, 0.6) is 5.75 Å². The first-order chi connectivity index (χ1) is 14.5. The van der Waals surface area contributed by atoms with Crippen LogP contribution in [0.25, 0.3) is 10.9 Å². The van der Waals surface area contributed by atoms with Crippen molar-refractivity contribution in [3.8, 4) is 5.75 Å². The van der Waals surface area contributed by atoms with Gasteiger partial charge in [-0.1, -0.05) is 18.2 Å². The van der Waals surface area contributed by atoms with E-state index in [4.69, 9.17) is 4.74 Å². The summed E-state index contributed by atoms with van der Waals surface area (Å²) in [6.07, 6.45) is 2.19. The molecule has 1 atom stereocenters. The van der Waals surface area contributed by atoms with E-state index in [1.165, 1.54) is 4.90 Å². The van der Waals surface area contributed by atoms with Crippen molar-refractivity contribution < 1.29 is 19.1 Å². The molecule has 1 aromatic heterocycles. The number of methoxy groups -OCH3 is 1. The normalized spacial score (nSPS) is 16.0. The van der Waals surface area contributed by atoms with Crippen LogP contribution in [-0.4, -0.2) is 40.9 Å². The molecule has 1 fully saturated rings. The highest BCUT2D eigenvalue weighted by Gasteiger charge is 2.37. The second-order valence-electron chi connectivity index (χ2n) is 7.14. The maximum absolute atomic E-state index is 12.6. The van der Waals surface area contributed by atoms with Crippen LogP contribution < -0.4 is 15.4 Å². The summed E-state index contributed by atoms with van der Waals surface area (Å²) in [6.45, 7) is 0.174. The van der Waals surface area contributed by atoms with Crippen LogP contribution in [0.2, 0.25) is 0 Å². The van der Waals surface area contributed by atoms with Crippen LogP contribution in [0.4, 0.5) is 10.5 Å². The third kappa shape index (κ3) is 4.12. The number of carbonyl (C=O) groups excluding carboxylic acids is 3. The second kappa shape index (κ2) is 8.28. The molecule has 1 saturated heterocycles. The smallest absolute Gasteiger partial charge is 0.325 e. The first kappa shape index (κ1) is 19.5. The van der Waals surface area contributed by atoms with Crippen LogP contribution in [0.3, 0.4) is 0 Å². The molecule has 2 aromatic carbocycles. The summed E-state index contributed by atoms with van der Waals surface area (Å²) in [5.74, 6) is 0.170. The van der Waals surface area contributed by atoms with E-state index in [9.17, 15) is 14.4 Å². The number of ether oxygens (including phenoxy) is 1. The van der Waals surface area contributed by atoms with Gasteiger partial charge in [-0.05, 0) is 47.7 Å². The molecule has 3 aromatic rings. The van der Waals surface area contributed by atoms with E-state index in [1.54, 1.807) is 31.4 Å². The molecule has 4 rings (SSSR count). The van der Waals surface area contributed by atoms with Gasteiger partial charge < -0.3 is 20.4 Å².